The van der Waals surface area contributed by atoms with Gasteiger partial charge in [0, 0.05) is 11.5 Å². The number of rotatable bonds is 5. The monoisotopic (exact) mass is 335 g/mol. The lowest BCUT2D eigenvalue weighted by Crippen LogP contribution is -2.06. The molecule has 4 nitrogen and oxygen atoms in total. The third-order valence-electron chi connectivity index (χ3n) is 2.78. The van der Waals surface area contributed by atoms with E-state index in [1.54, 1.807) is 19.2 Å². The number of hydrogen-bond donors (Lipinski definition) is 2. The first-order chi connectivity index (χ1) is 9.61. The van der Waals surface area contributed by atoms with Crippen LogP contribution in [0.2, 0.25) is 0 Å². The first-order valence-corrected chi connectivity index (χ1v) is 6.82. The van der Waals surface area contributed by atoms with Crippen LogP contribution in [-0.4, -0.2) is 18.1 Å². The largest absolute Gasteiger partial charge is 0.487 e. The van der Waals surface area contributed by atoms with Crippen molar-refractivity contribution in [2.75, 3.05) is 12.4 Å². The summed E-state index contributed by atoms with van der Waals surface area (Å²) in [5.41, 5.74) is 1.66. The lowest BCUT2D eigenvalue weighted by molar-refractivity contribution is 0.0697. The fourth-order valence-corrected chi connectivity index (χ4v) is 2.29. The van der Waals surface area contributed by atoms with Crippen LogP contribution in [0.4, 0.5) is 5.69 Å². The number of carbonyl (C=O) groups is 1. The Labute approximate surface area is 125 Å². The second-order valence-electron chi connectivity index (χ2n) is 4.16. The maximum Gasteiger partial charge on any atom is 0.337 e. The molecule has 0 aliphatic heterocycles. The van der Waals surface area contributed by atoms with Crippen molar-refractivity contribution < 1.29 is 14.6 Å². The first-order valence-electron chi connectivity index (χ1n) is 6.03. The summed E-state index contributed by atoms with van der Waals surface area (Å²) in [5, 5.41) is 12.1. The minimum absolute atomic E-state index is 0.171. The molecule has 20 heavy (non-hydrogen) atoms. The van der Waals surface area contributed by atoms with Crippen molar-refractivity contribution in [1.82, 2.24) is 0 Å². The van der Waals surface area contributed by atoms with Gasteiger partial charge in [0.2, 0.25) is 0 Å². The van der Waals surface area contributed by atoms with Crippen LogP contribution in [0.3, 0.4) is 0 Å². The minimum Gasteiger partial charge on any atom is -0.487 e. The Hall–Kier alpha value is -2.01. The molecule has 0 aliphatic carbocycles. The van der Waals surface area contributed by atoms with Gasteiger partial charge in [-0.3, -0.25) is 0 Å². The molecule has 2 aromatic carbocycles. The summed E-state index contributed by atoms with van der Waals surface area (Å²) < 4.78 is 6.39. The average molecular weight is 336 g/mol. The predicted octanol–water partition coefficient (Wildman–Crippen LogP) is 3.77. The number of carboxylic acid groups (broad SMARTS) is 1. The number of carboxylic acids is 1. The molecule has 0 unspecified atom stereocenters. The number of anilines is 1. The van der Waals surface area contributed by atoms with E-state index in [0.717, 1.165) is 5.56 Å². The van der Waals surface area contributed by atoms with Crippen molar-refractivity contribution >= 4 is 27.6 Å². The van der Waals surface area contributed by atoms with Crippen molar-refractivity contribution in [3.63, 3.8) is 0 Å². The Morgan fingerprint density at radius 1 is 1.30 bits per heavy atom. The predicted molar refractivity (Wildman–Crippen MR) is 81.4 cm³/mol. The Bertz CT molecular complexity index is 614. The van der Waals surface area contributed by atoms with Gasteiger partial charge in [-0.1, -0.05) is 46.3 Å². The maximum absolute atomic E-state index is 11.2. The molecule has 0 radical (unpaired) electrons. The molecule has 2 aromatic rings. The van der Waals surface area contributed by atoms with E-state index in [-0.39, 0.29) is 5.56 Å². The van der Waals surface area contributed by atoms with E-state index in [1.807, 2.05) is 30.3 Å². The zero-order chi connectivity index (χ0) is 14.5. The number of nitrogens with one attached hydrogen (secondary N) is 1. The summed E-state index contributed by atoms with van der Waals surface area (Å²) in [6, 6.07) is 13.0. The van der Waals surface area contributed by atoms with E-state index in [1.165, 1.54) is 0 Å². The Balaban J connectivity index is 2.29. The summed E-state index contributed by atoms with van der Waals surface area (Å²) in [4.78, 5) is 11.2. The highest BCUT2D eigenvalue weighted by molar-refractivity contribution is 9.10. The SMILES string of the molecule is CNc1c(OCc2ccccc2)cc(Br)cc1C(=O)O. The zero-order valence-electron chi connectivity index (χ0n) is 10.9. The highest BCUT2D eigenvalue weighted by atomic mass is 79.9. The molecule has 2 rings (SSSR count). The second kappa shape index (κ2) is 6.43. The fraction of sp³-hybridized carbons (Fsp3) is 0.133. The van der Waals surface area contributed by atoms with Crippen LogP contribution in [0.5, 0.6) is 5.75 Å². The van der Waals surface area contributed by atoms with Gasteiger partial charge in [0.15, 0.2) is 0 Å². The molecule has 2 N–H and O–H groups in total. The highest BCUT2D eigenvalue weighted by Gasteiger charge is 2.15. The number of benzene rings is 2. The molecule has 0 aliphatic rings. The second-order valence-corrected chi connectivity index (χ2v) is 5.07. The minimum atomic E-state index is -1.000. The molecule has 0 amide bonds. The molecular weight excluding hydrogens is 322 g/mol. The van der Waals surface area contributed by atoms with Crippen molar-refractivity contribution in [1.29, 1.82) is 0 Å². The Kier molecular flexibility index (Phi) is 4.63. The van der Waals surface area contributed by atoms with Gasteiger partial charge < -0.3 is 15.2 Å². The summed E-state index contributed by atoms with van der Waals surface area (Å²) >= 11 is 3.30. The van der Waals surface area contributed by atoms with E-state index in [2.05, 4.69) is 21.2 Å². The number of aromatic carboxylic acids is 1. The Morgan fingerprint density at radius 2 is 2.00 bits per heavy atom. The molecule has 0 fully saturated rings. The van der Waals surface area contributed by atoms with Gasteiger partial charge in [0.1, 0.15) is 12.4 Å². The van der Waals surface area contributed by atoms with Crippen molar-refractivity contribution in [2.45, 2.75) is 6.61 Å². The lowest BCUT2D eigenvalue weighted by atomic mass is 10.1. The quantitative estimate of drug-likeness (QED) is 0.873. The molecule has 0 bridgehead atoms. The van der Waals surface area contributed by atoms with Gasteiger partial charge >= 0.3 is 5.97 Å². The molecule has 0 saturated heterocycles. The van der Waals surface area contributed by atoms with E-state index < -0.39 is 5.97 Å². The van der Waals surface area contributed by atoms with Crippen LogP contribution < -0.4 is 10.1 Å². The molecule has 0 atom stereocenters. The van der Waals surface area contributed by atoms with Gasteiger partial charge in [-0.05, 0) is 17.7 Å². The maximum atomic E-state index is 11.2. The number of hydrogen-bond acceptors (Lipinski definition) is 3. The van der Waals surface area contributed by atoms with Gasteiger partial charge in [-0.25, -0.2) is 4.79 Å². The molecule has 0 saturated carbocycles. The summed E-state index contributed by atoms with van der Waals surface area (Å²) in [6.07, 6.45) is 0. The van der Waals surface area contributed by atoms with Crippen molar-refractivity contribution in [2.24, 2.45) is 0 Å². The molecule has 5 heteroatoms. The Morgan fingerprint density at radius 3 is 2.60 bits per heavy atom. The summed E-state index contributed by atoms with van der Waals surface area (Å²) in [5.74, 6) is -0.497. The molecule has 0 heterocycles. The normalized spacial score (nSPS) is 10.1. The van der Waals surface area contributed by atoms with E-state index in [0.29, 0.717) is 22.5 Å². The highest BCUT2D eigenvalue weighted by Crippen LogP contribution is 2.33. The molecule has 0 aromatic heterocycles. The molecule has 104 valence electrons. The number of ether oxygens (including phenoxy) is 1. The van der Waals surface area contributed by atoms with E-state index >= 15 is 0 Å². The molecule has 0 spiro atoms. The van der Waals surface area contributed by atoms with Gasteiger partial charge in [0.05, 0.1) is 11.3 Å². The van der Waals surface area contributed by atoms with Gasteiger partial charge in [-0.15, -0.1) is 0 Å². The van der Waals surface area contributed by atoms with Crippen LogP contribution in [0.1, 0.15) is 15.9 Å². The topological polar surface area (TPSA) is 58.6 Å². The summed E-state index contributed by atoms with van der Waals surface area (Å²) in [7, 11) is 1.67. The zero-order valence-corrected chi connectivity index (χ0v) is 12.5. The van der Waals surface area contributed by atoms with E-state index in [4.69, 9.17) is 4.74 Å². The van der Waals surface area contributed by atoms with Crippen LogP contribution in [0, 0.1) is 0 Å². The van der Waals surface area contributed by atoms with Crippen molar-refractivity contribution in [3.8, 4) is 5.75 Å². The third-order valence-corrected chi connectivity index (χ3v) is 3.24. The lowest BCUT2D eigenvalue weighted by Gasteiger charge is -2.14. The van der Waals surface area contributed by atoms with Gasteiger partial charge in [-0.2, -0.15) is 0 Å². The standard InChI is InChI=1S/C15H14BrNO3/c1-17-14-12(15(18)19)7-11(16)8-13(14)20-9-10-5-3-2-4-6-10/h2-8,17H,9H2,1H3,(H,18,19). The van der Waals surface area contributed by atoms with E-state index in [9.17, 15) is 9.90 Å². The van der Waals surface area contributed by atoms with Crippen LogP contribution in [0.25, 0.3) is 0 Å². The van der Waals surface area contributed by atoms with Gasteiger partial charge in [0.25, 0.3) is 0 Å². The van der Waals surface area contributed by atoms with Crippen LogP contribution in [-0.2, 0) is 6.61 Å². The number of halogens is 1. The van der Waals surface area contributed by atoms with Crippen LogP contribution in [0.15, 0.2) is 46.9 Å². The fourth-order valence-electron chi connectivity index (χ4n) is 1.86. The smallest absolute Gasteiger partial charge is 0.337 e. The average Bonchev–Trinajstić information content (AvgIpc) is 2.45. The molecular formula is C15H14BrNO3. The first kappa shape index (κ1) is 14.4. The van der Waals surface area contributed by atoms with Crippen molar-refractivity contribution in [3.05, 3.63) is 58.1 Å². The third kappa shape index (κ3) is 3.30. The summed E-state index contributed by atoms with van der Waals surface area (Å²) in [6.45, 7) is 0.380. The van der Waals surface area contributed by atoms with Crippen LogP contribution >= 0.6 is 15.9 Å².